The lowest BCUT2D eigenvalue weighted by Crippen LogP contribution is -2.42. The molecular formula is C18H19F3N4O. The summed E-state index contributed by atoms with van der Waals surface area (Å²) in [6, 6.07) is 4.76. The third kappa shape index (κ3) is 2.98. The molecule has 3 N–H and O–H groups in total. The van der Waals surface area contributed by atoms with Gasteiger partial charge in [0.25, 0.3) is 0 Å². The van der Waals surface area contributed by atoms with Crippen molar-refractivity contribution in [3.63, 3.8) is 0 Å². The third-order valence-corrected chi connectivity index (χ3v) is 5.57. The SMILES string of the molecule is NC1C2CCC(C2)C1C(=O)Nc1cnn(-c2cccc(C(F)(F)F)c2)c1. The summed E-state index contributed by atoms with van der Waals surface area (Å²) in [5, 5.41) is 6.87. The van der Waals surface area contributed by atoms with Crippen LogP contribution in [0.15, 0.2) is 36.7 Å². The first-order valence-corrected chi connectivity index (χ1v) is 8.61. The van der Waals surface area contributed by atoms with E-state index in [0.29, 0.717) is 17.5 Å². The van der Waals surface area contributed by atoms with Gasteiger partial charge in [0.2, 0.25) is 5.91 Å². The van der Waals surface area contributed by atoms with Gasteiger partial charge in [0.05, 0.1) is 35.2 Å². The number of rotatable bonds is 3. The standard InChI is InChI=1S/C18H19F3N4O/c19-18(20,21)12-2-1-3-14(7-12)25-9-13(8-23-25)24-17(26)15-10-4-5-11(6-10)16(15)22/h1-3,7-11,15-16H,4-6,22H2,(H,24,26). The van der Waals surface area contributed by atoms with Crippen LogP contribution in [0.5, 0.6) is 0 Å². The van der Waals surface area contributed by atoms with E-state index in [1.54, 1.807) is 0 Å². The van der Waals surface area contributed by atoms with Crippen LogP contribution in [0.1, 0.15) is 24.8 Å². The van der Waals surface area contributed by atoms with Crippen LogP contribution in [-0.2, 0) is 11.0 Å². The molecule has 1 heterocycles. The van der Waals surface area contributed by atoms with E-state index < -0.39 is 11.7 Å². The quantitative estimate of drug-likeness (QED) is 0.878. The van der Waals surface area contributed by atoms with Crippen molar-refractivity contribution in [2.24, 2.45) is 23.5 Å². The molecule has 4 unspecified atom stereocenters. The molecule has 0 spiro atoms. The molecule has 0 radical (unpaired) electrons. The van der Waals surface area contributed by atoms with E-state index >= 15 is 0 Å². The van der Waals surface area contributed by atoms with Crippen molar-refractivity contribution in [3.05, 3.63) is 42.2 Å². The van der Waals surface area contributed by atoms with Gasteiger partial charge < -0.3 is 11.1 Å². The minimum absolute atomic E-state index is 0.118. The molecule has 8 heteroatoms. The Bertz CT molecular complexity index is 830. The van der Waals surface area contributed by atoms with Gasteiger partial charge in [-0.15, -0.1) is 0 Å². The molecule has 2 aliphatic rings. The number of fused-ring (bicyclic) bond motifs is 2. The lowest BCUT2D eigenvalue weighted by molar-refractivity contribution is -0.137. The second-order valence-corrected chi connectivity index (χ2v) is 7.15. The summed E-state index contributed by atoms with van der Waals surface area (Å²) < 4.78 is 39.8. The Hall–Kier alpha value is -2.35. The number of benzene rings is 1. The molecule has 2 fully saturated rings. The van der Waals surface area contributed by atoms with Crippen LogP contribution < -0.4 is 11.1 Å². The highest BCUT2D eigenvalue weighted by Crippen LogP contribution is 2.47. The fourth-order valence-corrected chi connectivity index (χ4v) is 4.30. The van der Waals surface area contributed by atoms with Crippen molar-refractivity contribution in [1.82, 2.24) is 9.78 Å². The molecule has 26 heavy (non-hydrogen) atoms. The monoisotopic (exact) mass is 364 g/mol. The van der Waals surface area contributed by atoms with Gasteiger partial charge in [-0.2, -0.15) is 18.3 Å². The van der Waals surface area contributed by atoms with E-state index in [-0.39, 0.29) is 23.6 Å². The van der Waals surface area contributed by atoms with Gasteiger partial charge in [0.15, 0.2) is 0 Å². The van der Waals surface area contributed by atoms with Crippen LogP contribution in [0, 0.1) is 17.8 Å². The zero-order valence-corrected chi connectivity index (χ0v) is 13.9. The maximum absolute atomic E-state index is 12.8. The first kappa shape index (κ1) is 17.1. The van der Waals surface area contributed by atoms with Crippen LogP contribution in [0.4, 0.5) is 18.9 Å². The third-order valence-electron chi connectivity index (χ3n) is 5.57. The van der Waals surface area contributed by atoms with E-state index in [9.17, 15) is 18.0 Å². The van der Waals surface area contributed by atoms with Gasteiger partial charge in [0.1, 0.15) is 0 Å². The van der Waals surface area contributed by atoms with E-state index in [4.69, 9.17) is 5.73 Å². The number of hydrogen-bond donors (Lipinski definition) is 2. The fourth-order valence-electron chi connectivity index (χ4n) is 4.30. The highest BCUT2D eigenvalue weighted by Gasteiger charge is 2.49. The molecule has 1 amide bonds. The van der Waals surface area contributed by atoms with Gasteiger partial charge in [-0.25, -0.2) is 4.68 Å². The number of anilines is 1. The van der Waals surface area contributed by atoms with Gasteiger partial charge >= 0.3 is 6.18 Å². The smallest absolute Gasteiger partial charge is 0.327 e. The Labute approximate surface area is 148 Å². The molecule has 5 nitrogen and oxygen atoms in total. The zero-order valence-electron chi connectivity index (χ0n) is 13.9. The lowest BCUT2D eigenvalue weighted by Gasteiger charge is -2.26. The number of nitrogens with zero attached hydrogens (tertiary/aromatic N) is 2. The average Bonchev–Trinajstić information content (AvgIpc) is 3.30. The van der Waals surface area contributed by atoms with Gasteiger partial charge in [0, 0.05) is 6.04 Å². The summed E-state index contributed by atoms with van der Waals surface area (Å²) in [5.74, 6) is 0.413. The Morgan fingerprint density at radius 2 is 2.04 bits per heavy atom. The van der Waals surface area contributed by atoms with Crippen molar-refractivity contribution >= 4 is 11.6 Å². The Morgan fingerprint density at radius 3 is 2.73 bits per heavy atom. The first-order chi connectivity index (χ1) is 12.3. The highest BCUT2D eigenvalue weighted by atomic mass is 19.4. The summed E-state index contributed by atoms with van der Waals surface area (Å²) in [7, 11) is 0. The molecule has 1 aromatic carbocycles. The normalized spacial score (nSPS) is 27.7. The minimum atomic E-state index is -4.42. The number of hydrogen-bond acceptors (Lipinski definition) is 3. The summed E-state index contributed by atoms with van der Waals surface area (Å²) in [6.07, 6.45) is 1.63. The molecule has 4 rings (SSSR count). The molecule has 0 aliphatic heterocycles. The van der Waals surface area contributed by atoms with E-state index in [1.807, 2.05) is 0 Å². The van der Waals surface area contributed by atoms with Crippen molar-refractivity contribution in [2.45, 2.75) is 31.5 Å². The Kier molecular flexibility index (Phi) is 4.02. The molecule has 2 bridgehead atoms. The second kappa shape index (κ2) is 6.12. The van der Waals surface area contributed by atoms with Gasteiger partial charge in [-0.3, -0.25) is 4.79 Å². The summed E-state index contributed by atoms with van der Waals surface area (Å²) in [5.41, 5.74) is 6.16. The highest BCUT2D eigenvalue weighted by molar-refractivity contribution is 5.93. The number of alkyl halides is 3. The molecule has 2 aromatic rings. The van der Waals surface area contributed by atoms with Gasteiger partial charge in [-0.1, -0.05) is 6.07 Å². The Morgan fingerprint density at radius 1 is 1.27 bits per heavy atom. The molecule has 0 saturated heterocycles. The maximum Gasteiger partial charge on any atom is 0.416 e. The summed E-state index contributed by atoms with van der Waals surface area (Å²) in [4.78, 5) is 12.6. The molecule has 2 saturated carbocycles. The lowest BCUT2D eigenvalue weighted by atomic mass is 9.84. The van der Waals surface area contributed by atoms with E-state index in [0.717, 1.165) is 31.4 Å². The van der Waals surface area contributed by atoms with Crippen molar-refractivity contribution in [2.75, 3.05) is 5.32 Å². The molecule has 1 aromatic heterocycles. The van der Waals surface area contributed by atoms with Crippen molar-refractivity contribution in [3.8, 4) is 5.69 Å². The molecule has 138 valence electrons. The zero-order chi connectivity index (χ0) is 18.5. The number of nitrogens with one attached hydrogen (secondary N) is 1. The topological polar surface area (TPSA) is 72.9 Å². The number of halogens is 3. The molecular weight excluding hydrogens is 345 g/mol. The summed E-state index contributed by atoms with van der Waals surface area (Å²) in [6.45, 7) is 0. The summed E-state index contributed by atoms with van der Waals surface area (Å²) >= 11 is 0. The van der Waals surface area contributed by atoms with Crippen LogP contribution in [-0.4, -0.2) is 21.7 Å². The predicted molar refractivity (Wildman–Crippen MR) is 89.5 cm³/mol. The van der Waals surface area contributed by atoms with Crippen LogP contribution in [0.25, 0.3) is 5.69 Å². The van der Waals surface area contributed by atoms with E-state index in [2.05, 4.69) is 10.4 Å². The average molecular weight is 364 g/mol. The second-order valence-electron chi connectivity index (χ2n) is 7.15. The largest absolute Gasteiger partial charge is 0.416 e. The Balaban J connectivity index is 1.49. The van der Waals surface area contributed by atoms with Crippen molar-refractivity contribution < 1.29 is 18.0 Å². The van der Waals surface area contributed by atoms with Crippen molar-refractivity contribution in [1.29, 1.82) is 0 Å². The predicted octanol–water partition coefficient (Wildman–Crippen LogP) is 3.20. The maximum atomic E-state index is 12.8. The molecule has 4 atom stereocenters. The van der Waals surface area contributed by atoms with Gasteiger partial charge in [-0.05, 0) is 49.3 Å². The van der Waals surface area contributed by atoms with Crippen LogP contribution >= 0.6 is 0 Å². The van der Waals surface area contributed by atoms with Crippen LogP contribution in [0.2, 0.25) is 0 Å². The number of aromatic nitrogens is 2. The number of carbonyl (C=O) groups is 1. The fraction of sp³-hybridized carbons (Fsp3) is 0.444. The molecule has 2 aliphatic carbocycles. The number of carbonyl (C=O) groups excluding carboxylic acids is 1. The minimum Gasteiger partial charge on any atom is -0.327 e. The first-order valence-electron chi connectivity index (χ1n) is 8.61. The number of nitrogens with two attached hydrogens (primary N) is 1. The van der Waals surface area contributed by atoms with Crippen LogP contribution in [0.3, 0.4) is 0 Å². The van der Waals surface area contributed by atoms with E-state index in [1.165, 1.54) is 29.2 Å². The number of amides is 1.